The lowest BCUT2D eigenvalue weighted by Gasteiger charge is -2.47. The zero-order valence-corrected chi connectivity index (χ0v) is 21.5. The average molecular weight is 547 g/mol. The quantitative estimate of drug-likeness (QED) is 0.184. The predicted octanol–water partition coefficient (Wildman–Crippen LogP) is 0.327. The van der Waals surface area contributed by atoms with Crippen LogP contribution in [0.3, 0.4) is 0 Å². The summed E-state index contributed by atoms with van der Waals surface area (Å²) in [5, 5.41) is 46.1. The first-order chi connectivity index (χ1) is 18.2. The van der Waals surface area contributed by atoms with Crippen molar-refractivity contribution in [3.8, 4) is 5.75 Å². The van der Waals surface area contributed by atoms with Crippen LogP contribution in [0.25, 0.3) is 0 Å². The maximum atomic E-state index is 15.2. The summed E-state index contributed by atoms with van der Waals surface area (Å²) in [5.74, 6) is -10.4. The Balaban J connectivity index is 1.75. The van der Waals surface area contributed by atoms with Crippen LogP contribution in [0.1, 0.15) is 42.1 Å². The van der Waals surface area contributed by atoms with Gasteiger partial charge in [-0.2, -0.15) is 0 Å². The lowest BCUT2D eigenvalue weighted by Crippen LogP contribution is -2.63. The number of aromatic hydroxyl groups is 1. The average Bonchev–Trinajstić information content (AvgIpc) is 2.86. The molecule has 12 nitrogen and oxygen atoms in total. The number of phenolic OH excluding ortho intramolecular Hbond substituents is 1. The number of benzene rings is 1. The summed E-state index contributed by atoms with van der Waals surface area (Å²) < 4.78 is 15.2. The number of hydrogen-bond acceptors (Lipinski definition) is 10. The number of allylic oxidation sites excluding steroid dienone is 1. The van der Waals surface area contributed by atoms with E-state index in [1.807, 2.05) is 6.92 Å². The van der Waals surface area contributed by atoms with E-state index in [1.54, 1.807) is 11.9 Å². The van der Waals surface area contributed by atoms with Gasteiger partial charge in [-0.05, 0) is 38.8 Å². The maximum absolute atomic E-state index is 15.2. The molecule has 0 spiro atoms. The van der Waals surface area contributed by atoms with Crippen molar-refractivity contribution in [2.75, 3.05) is 25.5 Å². The number of ketones is 2. The standard InChI is InChI=1S/C26H31FN4O8/c1-3-4-5-31(2)9-15(32)30-14-8-13(27)11-6-10-7-12-19(28)22(35)18(25(29)38)24(37)26(12,39)23(36)16(10)21(34)17(11)20(14)33/h8,10,12,19,33,35-36,39H,3-7,9,28H2,1-2H3,(H2,29,38)(H,30,32)/t10-,12-,19-,26-/m0/s1. The molecule has 210 valence electrons. The van der Waals surface area contributed by atoms with Gasteiger partial charge in [-0.15, -0.1) is 0 Å². The molecule has 0 heterocycles. The summed E-state index contributed by atoms with van der Waals surface area (Å²) in [7, 11) is 1.72. The van der Waals surface area contributed by atoms with Crippen LogP contribution < -0.4 is 16.8 Å². The molecule has 0 saturated heterocycles. The van der Waals surface area contributed by atoms with Crippen LogP contribution in [0.5, 0.6) is 5.75 Å². The van der Waals surface area contributed by atoms with E-state index in [4.69, 9.17) is 11.5 Å². The van der Waals surface area contributed by atoms with E-state index in [9.17, 15) is 39.6 Å². The molecule has 4 rings (SSSR count). The van der Waals surface area contributed by atoms with Crippen molar-refractivity contribution in [3.63, 3.8) is 0 Å². The van der Waals surface area contributed by atoms with Crippen LogP contribution in [-0.4, -0.2) is 80.5 Å². The van der Waals surface area contributed by atoms with E-state index in [0.29, 0.717) is 6.54 Å². The lowest BCUT2D eigenvalue weighted by atomic mass is 9.59. The maximum Gasteiger partial charge on any atom is 0.255 e. The number of carbonyl (C=O) groups is 4. The van der Waals surface area contributed by atoms with Gasteiger partial charge in [0.05, 0.1) is 23.8 Å². The smallest absolute Gasteiger partial charge is 0.255 e. The van der Waals surface area contributed by atoms with Gasteiger partial charge in [0.2, 0.25) is 11.7 Å². The van der Waals surface area contributed by atoms with Crippen LogP contribution in [-0.2, 0) is 20.8 Å². The number of primary amides is 1. The molecule has 0 fully saturated rings. The van der Waals surface area contributed by atoms with Gasteiger partial charge in [-0.3, -0.25) is 24.1 Å². The summed E-state index contributed by atoms with van der Waals surface area (Å²) in [6, 6.07) is -0.607. The number of aliphatic hydroxyl groups excluding tert-OH is 2. The first kappa shape index (κ1) is 28.2. The second-order valence-corrected chi connectivity index (χ2v) is 10.3. The largest absolute Gasteiger partial charge is 0.510 e. The monoisotopic (exact) mass is 546 g/mol. The second kappa shape index (κ2) is 10.1. The molecule has 2 amide bonds. The number of Topliss-reactive ketones (excluding diaryl/α,β-unsaturated/α-hetero) is 2. The van der Waals surface area contributed by atoms with Gasteiger partial charge >= 0.3 is 0 Å². The van der Waals surface area contributed by atoms with Crippen molar-refractivity contribution < 1.29 is 44.0 Å². The third kappa shape index (κ3) is 4.36. The molecule has 39 heavy (non-hydrogen) atoms. The van der Waals surface area contributed by atoms with E-state index in [1.165, 1.54) is 0 Å². The first-order valence-electron chi connectivity index (χ1n) is 12.5. The van der Waals surface area contributed by atoms with Crippen LogP contribution in [0.2, 0.25) is 0 Å². The molecule has 9 N–H and O–H groups in total. The summed E-state index contributed by atoms with van der Waals surface area (Å²) in [4.78, 5) is 52.7. The van der Waals surface area contributed by atoms with Gasteiger partial charge in [0, 0.05) is 23.1 Å². The van der Waals surface area contributed by atoms with Gasteiger partial charge in [0.1, 0.15) is 22.9 Å². The zero-order valence-electron chi connectivity index (χ0n) is 21.5. The molecule has 0 radical (unpaired) electrons. The van der Waals surface area contributed by atoms with Gasteiger partial charge in [-0.25, -0.2) is 4.39 Å². The molecule has 3 aliphatic rings. The number of nitrogens with zero attached hydrogens (tertiary/aromatic N) is 1. The number of amides is 2. The van der Waals surface area contributed by atoms with Crippen LogP contribution in [0.15, 0.2) is 28.7 Å². The number of likely N-dealkylation sites (N-methyl/N-ethyl adjacent to an activating group) is 1. The van der Waals surface area contributed by atoms with Crippen molar-refractivity contribution in [2.24, 2.45) is 23.3 Å². The van der Waals surface area contributed by atoms with Crippen molar-refractivity contribution in [1.29, 1.82) is 0 Å². The summed E-state index contributed by atoms with van der Waals surface area (Å²) in [5.41, 5.74) is 5.77. The second-order valence-electron chi connectivity index (χ2n) is 10.3. The molecular formula is C26H31FN4O8. The number of rotatable bonds is 7. The Morgan fingerprint density at radius 1 is 1.26 bits per heavy atom. The molecule has 0 aliphatic heterocycles. The minimum atomic E-state index is -2.86. The SMILES string of the molecule is CCCCN(C)CC(=O)Nc1cc(F)c2c(c1O)C(=O)C1=C(O)[C@]3(O)C(=O)C(C(N)=O)=C(O)[C@@H](N)[C@@H]3C[C@@H]1C2. The van der Waals surface area contributed by atoms with Crippen LogP contribution in [0.4, 0.5) is 10.1 Å². The van der Waals surface area contributed by atoms with Crippen molar-refractivity contribution in [1.82, 2.24) is 4.90 Å². The van der Waals surface area contributed by atoms with Crippen molar-refractivity contribution in [3.05, 3.63) is 45.7 Å². The molecule has 0 unspecified atom stereocenters. The van der Waals surface area contributed by atoms with Crippen molar-refractivity contribution in [2.45, 2.75) is 44.2 Å². The van der Waals surface area contributed by atoms with E-state index < -0.39 is 86.7 Å². The van der Waals surface area contributed by atoms with E-state index in [2.05, 4.69) is 5.32 Å². The first-order valence-corrected chi connectivity index (χ1v) is 12.5. The molecular weight excluding hydrogens is 515 g/mol. The highest BCUT2D eigenvalue weighted by atomic mass is 19.1. The summed E-state index contributed by atoms with van der Waals surface area (Å²) in [6.07, 6.45) is 1.30. The fraction of sp³-hybridized carbons (Fsp3) is 0.462. The Hall–Kier alpha value is -3.81. The Labute approximate surface area is 222 Å². The molecule has 0 aromatic heterocycles. The number of carbonyl (C=O) groups excluding carboxylic acids is 4. The zero-order chi connectivity index (χ0) is 29.0. The normalized spacial score (nSPS) is 26.4. The van der Waals surface area contributed by atoms with Crippen molar-refractivity contribution >= 4 is 29.1 Å². The molecule has 13 heteroatoms. The number of unbranched alkanes of at least 4 members (excludes halogenated alkanes) is 1. The van der Waals surface area contributed by atoms with Gasteiger partial charge < -0.3 is 37.2 Å². The van der Waals surface area contributed by atoms with E-state index in [0.717, 1.165) is 18.9 Å². The minimum Gasteiger partial charge on any atom is -0.510 e. The molecule has 0 saturated carbocycles. The molecule has 1 aromatic carbocycles. The number of halogens is 1. The number of nitrogens with one attached hydrogen (secondary N) is 1. The molecule has 1 aromatic rings. The Kier molecular flexibility index (Phi) is 7.27. The lowest BCUT2D eigenvalue weighted by molar-refractivity contribution is -0.145. The predicted molar refractivity (Wildman–Crippen MR) is 135 cm³/mol. The number of aliphatic hydroxyl groups is 3. The number of anilines is 1. The van der Waals surface area contributed by atoms with E-state index in [-0.39, 0.29) is 30.6 Å². The number of phenols is 1. The Morgan fingerprint density at radius 2 is 1.92 bits per heavy atom. The summed E-state index contributed by atoms with van der Waals surface area (Å²) >= 11 is 0. The highest BCUT2D eigenvalue weighted by Gasteiger charge is 2.62. The number of hydrogen-bond donors (Lipinski definition) is 7. The fourth-order valence-electron chi connectivity index (χ4n) is 5.77. The Bertz CT molecular complexity index is 1360. The summed E-state index contributed by atoms with van der Waals surface area (Å²) in [6.45, 7) is 2.58. The third-order valence-corrected chi connectivity index (χ3v) is 7.78. The van der Waals surface area contributed by atoms with Gasteiger partial charge in [0.25, 0.3) is 5.91 Å². The highest BCUT2D eigenvalue weighted by molar-refractivity contribution is 6.25. The number of nitrogens with two attached hydrogens (primary N) is 2. The van der Waals surface area contributed by atoms with Gasteiger partial charge in [0.15, 0.2) is 17.1 Å². The topological polar surface area (TPSA) is 217 Å². The minimum absolute atomic E-state index is 0.0561. The Morgan fingerprint density at radius 3 is 2.54 bits per heavy atom. The number of fused-ring (bicyclic) bond motifs is 3. The van der Waals surface area contributed by atoms with Gasteiger partial charge in [-0.1, -0.05) is 13.3 Å². The molecule has 3 aliphatic carbocycles. The molecule has 0 bridgehead atoms. The molecule has 4 atom stereocenters. The van der Waals surface area contributed by atoms with E-state index >= 15 is 4.39 Å². The third-order valence-electron chi connectivity index (χ3n) is 7.78. The highest BCUT2D eigenvalue weighted by Crippen LogP contribution is 2.52. The fourth-order valence-corrected chi connectivity index (χ4v) is 5.77. The van der Waals surface area contributed by atoms with Crippen LogP contribution in [0, 0.1) is 17.7 Å². The van der Waals surface area contributed by atoms with Crippen LogP contribution >= 0.6 is 0 Å².